The quantitative estimate of drug-likeness (QED) is 0.672. The number of hydrogen-bond acceptors (Lipinski definition) is 9. The topological polar surface area (TPSA) is 99.6 Å². The number of thiazole rings is 1. The molecule has 0 N–H and O–H groups in total. The van der Waals surface area contributed by atoms with Crippen LogP contribution in [0.5, 0.6) is 11.5 Å². The zero-order chi connectivity index (χ0) is 20.1. The van der Waals surface area contributed by atoms with Gasteiger partial charge in [-0.1, -0.05) is 5.16 Å². The van der Waals surface area contributed by atoms with Gasteiger partial charge >= 0.3 is 0 Å². The summed E-state index contributed by atoms with van der Waals surface area (Å²) in [7, 11) is 0. The fraction of sp³-hybridized carbons (Fsp3) is 0.400. The number of anilines is 1. The number of aryl methyl sites for hydroxylation is 1. The third-order valence-corrected chi connectivity index (χ3v) is 7.41. The Kier molecular flexibility index (Phi) is 3.12. The molecule has 152 valence electrons. The SMILES string of the molecule is Cc1cnc(N2C(=O)C3C4OC(C5C(c6ccc7c(c6)OCO7)=NOC45)C3C2=O)s1. The lowest BCUT2D eigenvalue weighted by Crippen LogP contribution is -2.45. The van der Waals surface area contributed by atoms with E-state index >= 15 is 0 Å². The molecular formula is C20H15N3O6S. The van der Waals surface area contributed by atoms with E-state index in [9.17, 15) is 9.59 Å². The van der Waals surface area contributed by atoms with Gasteiger partial charge < -0.3 is 19.0 Å². The van der Waals surface area contributed by atoms with Crippen LogP contribution >= 0.6 is 11.3 Å². The molecular weight excluding hydrogens is 410 g/mol. The first-order valence-corrected chi connectivity index (χ1v) is 10.5. The molecule has 9 nitrogen and oxygen atoms in total. The number of hydrogen-bond donors (Lipinski definition) is 0. The highest BCUT2D eigenvalue weighted by Gasteiger charge is 2.72. The van der Waals surface area contributed by atoms with Crippen molar-refractivity contribution in [2.24, 2.45) is 22.9 Å². The smallest absolute Gasteiger partial charge is 0.242 e. The predicted molar refractivity (Wildman–Crippen MR) is 102 cm³/mol. The first-order chi connectivity index (χ1) is 14.6. The summed E-state index contributed by atoms with van der Waals surface area (Å²) in [6.45, 7) is 2.08. The minimum Gasteiger partial charge on any atom is -0.454 e. The number of nitrogens with zero attached hydrogens (tertiary/aromatic N) is 3. The average molecular weight is 425 g/mol. The van der Waals surface area contributed by atoms with Crippen LogP contribution in [0, 0.1) is 24.7 Å². The standard InChI is InChI=1S/C20H15N3O6S/c1-7-5-21-20(30-7)23-18(24)11-12(19(23)25)16-17-13(15(11)28-16)14(22-29-17)8-2-3-9-10(4-8)27-6-26-9/h2-5,11-13,15-17H,6H2,1H3. The fourth-order valence-corrected chi connectivity index (χ4v) is 6.06. The molecule has 0 saturated carbocycles. The predicted octanol–water partition coefficient (Wildman–Crippen LogP) is 1.49. The Morgan fingerprint density at radius 3 is 2.63 bits per heavy atom. The summed E-state index contributed by atoms with van der Waals surface area (Å²) in [5.74, 6) is -0.491. The van der Waals surface area contributed by atoms with Gasteiger partial charge in [-0.15, -0.1) is 11.3 Å². The van der Waals surface area contributed by atoms with Crippen molar-refractivity contribution in [2.45, 2.75) is 25.2 Å². The Morgan fingerprint density at radius 2 is 1.83 bits per heavy atom. The molecule has 1 aromatic carbocycles. The molecule has 30 heavy (non-hydrogen) atoms. The van der Waals surface area contributed by atoms with Crippen LogP contribution in [0.25, 0.3) is 0 Å². The molecule has 5 aliphatic rings. The maximum Gasteiger partial charge on any atom is 0.242 e. The molecule has 3 saturated heterocycles. The van der Waals surface area contributed by atoms with Gasteiger partial charge in [0.2, 0.25) is 18.6 Å². The maximum atomic E-state index is 13.3. The van der Waals surface area contributed by atoms with Gasteiger partial charge in [0.05, 0.1) is 29.6 Å². The summed E-state index contributed by atoms with van der Waals surface area (Å²) < 4.78 is 17.0. The molecule has 0 aliphatic carbocycles. The largest absolute Gasteiger partial charge is 0.454 e. The number of ether oxygens (including phenoxy) is 3. The number of benzene rings is 1. The van der Waals surface area contributed by atoms with Gasteiger partial charge in [-0.3, -0.25) is 9.59 Å². The lowest BCUT2D eigenvalue weighted by atomic mass is 9.71. The van der Waals surface area contributed by atoms with Crippen LogP contribution < -0.4 is 14.4 Å². The minimum atomic E-state index is -0.556. The van der Waals surface area contributed by atoms with Crippen molar-refractivity contribution >= 4 is 34.0 Å². The van der Waals surface area contributed by atoms with Crippen LogP contribution in [0.3, 0.4) is 0 Å². The number of aromatic nitrogens is 1. The Morgan fingerprint density at radius 1 is 1.03 bits per heavy atom. The summed E-state index contributed by atoms with van der Waals surface area (Å²) in [6, 6.07) is 5.59. The summed E-state index contributed by atoms with van der Waals surface area (Å²) >= 11 is 1.34. The van der Waals surface area contributed by atoms with Crippen LogP contribution in [-0.2, 0) is 19.2 Å². The first kappa shape index (κ1) is 16.8. The summed E-state index contributed by atoms with van der Waals surface area (Å²) in [5.41, 5.74) is 1.55. The lowest BCUT2D eigenvalue weighted by molar-refractivity contribution is -0.125. The Labute approximate surface area is 174 Å². The molecule has 6 unspecified atom stereocenters. The number of carbonyl (C=O) groups is 2. The van der Waals surface area contributed by atoms with E-state index in [4.69, 9.17) is 19.0 Å². The van der Waals surface area contributed by atoms with E-state index in [0.717, 1.165) is 10.4 Å². The molecule has 7 rings (SSSR count). The van der Waals surface area contributed by atoms with E-state index in [0.29, 0.717) is 22.3 Å². The highest BCUT2D eigenvalue weighted by molar-refractivity contribution is 7.16. The van der Waals surface area contributed by atoms with E-state index < -0.39 is 24.0 Å². The lowest BCUT2D eigenvalue weighted by Gasteiger charge is -2.26. The zero-order valence-electron chi connectivity index (χ0n) is 15.7. The number of imide groups is 1. The second-order valence-corrected chi connectivity index (χ2v) is 9.24. The fourth-order valence-electron chi connectivity index (χ4n) is 5.29. The molecule has 10 heteroatoms. The highest BCUT2D eigenvalue weighted by atomic mass is 32.1. The number of oxime groups is 1. The number of rotatable bonds is 2. The molecule has 6 heterocycles. The Balaban J connectivity index is 1.24. The summed E-state index contributed by atoms with van der Waals surface area (Å²) in [5, 5.41) is 4.73. The molecule has 0 radical (unpaired) electrons. The maximum absolute atomic E-state index is 13.3. The van der Waals surface area contributed by atoms with Crippen molar-refractivity contribution in [3.05, 3.63) is 34.8 Å². The van der Waals surface area contributed by atoms with Gasteiger partial charge in [-0.25, -0.2) is 9.88 Å². The van der Waals surface area contributed by atoms with E-state index in [-0.39, 0.29) is 30.6 Å². The highest BCUT2D eigenvalue weighted by Crippen LogP contribution is 2.55. The Bertz CT molecular complexity index is 1160. The number of carbonyl (C=O) groups excluding carboxylic acids is 2. The van der Waals surface area contributed by atoms with Crippen molar-refractivity contribution in [1.29, 1.82) is 0 Å². The van der Waals surface area contributed by atoms with Crippen LogP contribution in [0.15, 0.2) is 29.6 Å². The van der Waals surface area contributed by atoms with E-state index in [1.54, 1.807) is 6.20 Å². The molecule has 2 aromatic rings. The van der Waals surface area contributed by atoms with Gasteiger partial charge in [0.15, 0.2) is 22.7 Å². The van der Waals surface area contributed by atoms with Crippen molar-refractivity contribution in [3.63, 3.8) is 0 Å². The molecule has 6 atom stereocenters. The average Bonchev–Trinajstić information content (AvgIpc) is 3.53. The summed E-state index contributed by atoms with van der Waals surface area (Å²) in [6.07, 6.45) is 0.329. The number of amides is 2. The third kappa shape index (κ3) is 1.95. The van der Waals surface area contributed by atoms with Crippen LogP contribution in [0.1, 0.15) is 10.4 Å². The van der Waals surface area contributed by atoms with Crippen LogP contribution in [-0.4, -0.2) is 47.6 Å². The molecule has 1 aromatic heterocycles. The second-order valence-electron chi connectivity index (χ2n) is 8.02. The molecule has 5 aliphatic heterocycles. The monoisotopic (exact) mass is 425 g/mol. The summed E-state index contributed by atoms with van der Waals surface area (Å²) in [4.78, 5) is 38.5. The third-order valence-electron chi connectivity index (χ3n) is 6.51. The molecule has 2 amide bonds. The minimum absolute atomic E-state index is 0.189. The van der Waals surface area contributed by atoms with Crippen molar-refractivity contribution in [3.8, 4) is 11.5 Å². The van der Waals surface area contributed by atoms with Gasteiger partial charge in [-0.2, -0.15) is 0 Å². The normalized spacial score (nSPS) is 35.0. The Hall–Kier alpha value is -2.98. The van der Waals surface area contributed by atoms with Gasteiger partial charge in [0, 0.05) is 16.6 Å². The van der Waals surface area contributed by atoms with Crippen molar-refractivity contribution in [2.75, 3.05) is 11.7 Å². The second kappa shape index (κ2) is 5.58. The molecule has 0 spiro atoms. The van der Waals surface area contributed by atoms with Crippen LogP contribution in [0.4, 0.5) is 5.13 Å². The van der Waals surface area contributed by atoms with Crippen LogP contribution in [0.2, 0.25) is 0 Å². The first-order valence-electron chi connectivity index (χ1n) is 9.71. The molecule has 3 fully saturated rings. The zero-order valence-corrected chi connectivity index (χ0v) is 16.5. The molecule has 2 bridgehead atoms. The van der Waals surface area contributed by atoms with Crippen molar-refractivity contribution < 1.29 is 28.6 Å². The van der Waals surface area contributed by atoms with Gasteiger partial charge in [-0.05, 0) is 25.1 Å². The number of fused-ring (bicyclic) bond motifs is 9. The van der Waals surface area contributed by atoms with E-state index in [2.05, 4.69) is 10.1 Å². The van der Waals surface area contributed by atoms with Gasteiger partial charge in [0.1, 0.15) is 6.10 Å². The van der Waals surface area contributed by atoms with Gasteiger partial charge in [0.25, 0.3) is 0 Å². The van der Waals surface area contributed by atoms with E-state index in [1.807, 2.05) is 25.1 Å². The van der Waals surface area contributed by atoms with Crippen molar-refractivity contribution in [1.82, 2.24) is 4.98 Å². The van der Waals surface area contributed by atoms with E-state index in [1.165, 1.54) is 16.2 Å².